The SMILES string of the molecule is O=C(OCc1cccc2ccccc12)N1CCS(=O)(=O)CC1. The molecule has 2 aromatic carbocycles. The summed E-state index contributed by atoms with van der Waals surface area (Å²) in [5, 5.41) is 2.15. The van der Waals surface area contributed by atoms with Crippen LogP contribution in [0.2, 0.25) is 0 Å². The fourth-order valence-electron chi connectivity index (χ4n) is 2.54. The third-order valence-corrected chi connectivity index (χ3v) is 5.44. The lowest BCUT2D eigenvalue weighted by atomic mass is 10.1. The fraction of sp³-hybridized carbons (Fsp3) is 0.312. The Kier molecular flexibility index (Phi) is 4.02. The highest BCUT2D eigenvalue weighted by Gasteiger charge is 2.25. The highest BCUT2D eigenvalue weighted by molar-refractivity contribution is 7.91. The van der Waals surface area contributed by atoms with Crippen molar-refractivity contribution < 1.29 is 17.9 Å². The molecule has 2 aromatic rings. The predicted octanol–water partition coefficient (Wildman–Crippen LogP) is 2.21. The molecule has 6 heteroatoms. The summed E-state index contributed by atoms with van der Waals surface area (Å²) < 4.78 is 28.1. The van der Waals surface area contributed by atoms with Crippen LogP contribution in [0.4, 0.5) is 4.79 Å². The van der Waals surface area contributed by atoms with E-state index in [1.165, 1.54) is 4.90 Å². The van der Waals surface area contributed by atoms with Crippen molar-refractivity contribution in [2.24, 2.45) is 0 Å². The van der Waals surface area contributed by atoms with Gasteiger partial charge in [-0.15, -0.1) is 0 Å². The standard InChI is InChI=1S/C16H17NO4S/c18-16(17-8-10-22(19,20)11-9-17)21-12-14-6-3-5-13-4-1-2-7-15(13)14/h1-7H,8-12H2. The van der Waals surface area contributed by atoms with E-state index >= 15 is 0 Å². The van der Waals surface area contributed by atoms with Crippen molar-refractivity contribution in [3.05, 3.63) is 48.0 Å². The molecule has 5 nitrogen and oxygen atoms in total. The van der Waals surface area contributed by atoms with Crippen LogP contribution in [0.1, 0.15) is 5.56 Å². The summed E-state index contributed by atoms with van der Waals surface area (Å²) in [6.07, 6.45) is -0.456. The topological polar surface area (TPSA) is 63.7 Å². The van der Waals surface area contributed by atoms with Gasteiger partial charge in [-0.1, -0.05) is 42.5 Å². The molecule has 0 N–H and O–H groups in total. The van der Waals surface area contributed by atoms with Gasteiger partial charge < -0.3 is 9.64 Å². The quantitative estimate of drug-likeness (QED) is 0.851. The summed E-state index contributed by atoms with van der Waals surface area (Å²) in [6, 6.07) is 13.8. The van der Waals surface area contributed by atoms with Crippen molar-refractivity contribution in [3.8, 4) is 0 Å². The lowest BCUT2D eigenvalue weighted by Gasteiger charge is -2.25. The van der Waals surface area contributed by atoms with E-state index in [4.69, 9.17) is 4.74 Å². The van der Waals surface area contributed by atoms with E-state index in [2.05, 4.69) is 0 Å². The molecule has 1 aliphatic rings. The van der Waals surface area contributed by atoms with Crippen LogP contribution in [0.5, 0.6) is 0 Å². The van der Waals surface area contributed by atoms with Gasteiger partial charge in [0.1, 0.15) is 6.61 Å². The van der Waals surface area contributed by atoms with Gasteiger partial charge in [0.05, 0.1) is 11.5 Å². The van der Waals surface area contributed by atoms with Crippen LogP contribution in [-0.2, 0) is 21.2 Å². The Balaban J connectivity index is 1.66. The molecule has 3 rings (SSSR count). The summed E-state index contributed by atoms with van der Waals surface area (Å²) in [5.74, 6) is 0.0206. The first-order valence-electron chi connectivity index (χ1n) is 7.14. The van der Waals surface area contributed by atoms with E-state index in [0.29, 0.717) is 0 Å². The second-order valence-corrected chi connectivity index (χ2v) is 7.64. The lowest BCUT2D eigenvalue weighted by molar-refractivity contribution is 0.0996. The number of sulfone groups is 1. The van der Waals surface area contributed by atoms with E-state index in [0.717, 1.165) is 16.3 Å². The van der Waals surface area contributed by atoms with E-state index in [-0.39, 0.29) is 31.2 Å². The molecule has 116 valence electrons. The summed E-state index contributed by atoms with van der Waals surface area (Å²) in [6.45, 7) is 0.594. The molecule has 0 bridgehead atoms. The maximum atomic E-state index is 12.0. The molecule has 0 spiro atoms. The van der Waals surface area contributed by atoms with Gasteiger partial charge in [0, 0.05) is 13.1 Å². The third kappa shape index (κ3) is 3.22. The zero-order chi connectivity index (χ0) is 15.6. The number of ether oxygens (including phenoxy) is 1. The number of benzene rings is 2. The van der Waals surface area contributed by atoms with Crippen molar-refractivity contribution in [2.45, 2.75) is 6.61 Å². The summed E-state index contributed by atoms with van der Waals surface area (Å²) in [7, 11) is -2.99. The number of rotatable bonds is 2. The van der Waals surface area contributed by atoms with Crippen molar-refractivity contribution in [1.29, 1.82) is 0 Å². The monoisotopic (exact) mass is 319 g/mol. The van der Waals surface area contributed by atoms with Crippen LogP contribution in [0.15, 0.2) is 42.5 Å². The average molecular weight is 319 g/mol. The second kappa shape index (κ2) is 5.96. The second-order valence-electron chi connectivity index (χ2n) is 5.33. The normalized spacial score (nSPS) is 17.4. The molecule has 0 atom stereocenters. The number of hydrogen-bond acceptors (Lipinski definition) is 4. The van der Waals surface area contributed by atoms with Crippen LogP contribution in [0.25, 0.3) is 10.8 Å². The van der Waals surface area contributed by atoms with E-state index in [9.17, 15) is 13.2 Å². The first-order valence-corrected chi connectivity index (χ1v) is 8.96. The highest BCUT2D eigenvalue weighted by atomic mass is 32.2. The van der Waals surface area contributed by atoms with Gasteiger partial charge in [-0.05, 0) is 16.3 Å². The molecule has 0 unspecified atom stereocenters. The lowest BCUT2D eigenvalue weighted by Crippen LogP contribution is -2.43. The Hall–Kier alpha value is -2.08. The molecule has 1 saturated heterocycles. The van der Waals surface area contributed by atoms with Crippen LogP contribution in [-0.4, -0.2) is 44.0 Å². The minimum absolute atomic E-state index is 0.0103. The molecule has 1 amide bonds. The minimum atomic E-state index is -2.99. The Bertz CT molecular complexity index is 781. The number of nitrogens with zero attached hydrogens (tertiary/aromatic N) is 1. The first kappa shape index (κ1) is 14.8. The van der Waals surface area contributed by atoms with Crippen molar-refractivity contribution >= 4 is 26.7 Å². The van der Waals surface area contributed by atoms with Crippen molar-refractivity contribution in [2.75, 3.05) is 24.6 Å². The van der Waals surface area contributed by atoms with Gasteiger partial charge in [-0.3, -0.25) is 0 Å². The van der Waals surface area contributed by atoms with Gasteiger partial charge >= 0.3 is 6.09 Å². The largest absolute Gasteiger partial charge is 0.445 e. The fourth-order valence-corrected chi connectivity index (χ4v) is 3.75. The molecule has 0 radical (unpaired) electrons. The van der Waals surface area contributed by atoms with Crippen LogP contribution in [0, 0.1) is 0 Å². The smallest absolute Gasteiger partial charge is 0.410 e. The van der Waals surface area contributed by atoms with Gasteiger partial charge in [0.15, 0.2) is 9.84 Å². The zero-order valence-corrected chi connectivity index (χ0v) is 12.9. The number of carbonyl (C=O) groups is 1. The third-order valence-electron chi connectivity index (χ3n) is 3.83. The maximum Gasteiger partial charge on any atom is 0.410 e. The molecule has 1 heterocycles. The Labute approximate surface area is 129 Å². The van der Waals surface area contributed by atoms with Crippen molar-refractivity contribution in [3.63, 3.8) is 0 Å². The molecule has 0 saturated carbocycles. The van der Waals surface area contributed by atoms with Gasteiger partial charge in [-0.2, -0.15) is 0 Å². The molecule has 1 aliphatic heterocycles. The Morgan fingerprint density at radius 2 is 1.73 bits per heavy atom. The molecule has 0 aromatic heterocycles. The predicted molar refractivity (Wildman–Crippen MR) is 84.4 cm³/mol. The van der Waals surface area contributed by atoms with Gasteiger partial charge in [-0.25, -0.2) is 13.2 Å². The average Bonchev–Trinajstić information content (AvgIpc) is 2.52. The van der Waals surface area contributed by atoms with E-state index < -0.39 is 15.9 Å². The van der Waals surface area contributed by atoms with Crippen LogP contribution in [0.3, 0.4) is 0 Å². The number of hydrogen-bond donors (Lipinski definition) is 0. The van der Waals surface area contributed by atoms with Gasteiger partial charge in [0.25, 0.3) is 0 Å². The van der Waals surface area contributed by atoms with E-state index in [1.807, 2.05) is 42.5 Å². The Morgan fingerprint density at radius 1 is 1.05 bits per heavy atom. The van der Waals surface area contributed by atoms with Gasteiger partial charge in [0.2, 0.25) is 0 Å². The van der Waals surface area contributed by atoms with Crippen LogP contribution < -0.4 is 0 Å². The summed E-state index contributed by atoms with van der Waals surface area (Å²) >= 11 is 0. The highest BCUT2D eigenvalue weighted by Crippen LogP contribution is 2.19. The van der Waals surface area contributed by atoms with Crippen LogP contribution >= 0.6 is 0 Å². The van der Waals surface area contributed by atoms with E-state index in [1.54, 1.807) is 0 Å². The molecule has 0 aliphatic carbocycles. The van der Waals surface area contributed by atoms with Crippen molar-refractivity contribution in [1.82, 2.24) is 4.90 Å². The Morgan fingerprint density at radius 3 is 2.50 bits per heavy atom. The molecular formula is C16H17NO4S. The molecule has 1 fully saturated rings. The first-order chi connectivity index (χ1) is 10.6. The summed E-state index contributed by atoms with van der Waals surface area (Å²) in [4.78, 5) is 13.5. The molecule has 22 heavy (non-hydrogen) atoms. The minimum Gasteiger partial charge on any atom is -0.445 e. The zero-order valence-electron chi connectivity index (χ0n) is 12.1. The number of amides is 1. The maximum absolute atomic E-state index is 12.0. The number of fused-ring (bicyclic) bond motifs is 1. The molecular weight excluding hydrogens is 302 g/mol. The number of carbonyl (C=O) groups excluding carboxylic acids is 1. The summed E-state index contributed by atoms with van der Waals surface area (Å²) in [5.41, 5.74) is 0.941.